The van der Waals surface area contributed by atoms with Crippen LogP contribution >= 0.6 is 11.3 Å². The molecule has 1 aromatic heterocycles. The second-order valence-corrected chi connectivity index (χ2v) is 5.84. The Morgan fingerprint density at radius 1 is 1.38 bits per heavy atom. The quantitative estimate of drug-likeness (QED) is 0.708. The minimum atomic E-state index is 0.114. The summed E-state index contributed by atoms with van der Waals surface area (Å²) >= 11 is 1.72. The first-order chi connectivity index (χ1) is 10.2. The van der Waals surface area contributed by atoms with E-state index in [1.54, 1.807) is 25.6 Å². The first-order valence-electron chi connectivity index (χ1n) is 7.10. The molecule has 5 heteroatoms. The number of hydrogen-bond donors (Lipinski definition) is 1. The van der Waals surface area contributed by atoms with E-state index in [9.17, 15) is 0 Å². The largest absolute Gasteiger partial charge is 0.395 e. The molecule has 21 heavy (non-hydrogen) atoms. The van der Waals surface area contributed by atoms with Crippen molar-refractivity contribution in [3.05, 3.63) is 21.9 Å². The lowest BCUT2D eigenvalue weighted by Crippen LogP contribution is -2.37. The number of rotatable bonds is 9. The molecule has 1 N–H and O–H groups in total. The molecule has 0 saturated heterocycles. The third-order valence-electron chi connectivity index (χ3n) is 3.10. The second-order valence-electron chi connectivity index (χ2n) is 4.84. The van der Waals surface area contributed by atoms with Crippen LogP contribution in [0.4, 0.5) is 0 Å². The van der Waals surface area contributed by atoms with Gasteiger partial charge in [-0.15, -0.1) is 11.3 Å². The molecule has 0 spiro atoms. The molecular formula is C16H25NO3S. The molecule has 0 aliphatic carbocycles. The van der Waals surface area contributed by atoms with Crippen molar-refractivity contribution in [1.29, 1.82) is 0 Å². The van der Waals surface area contributed by atoms with E-state index in [1.807, 2.05) is 0 Å². The molecule has 1 atom stereocenters. The highest BCUT2D eigenvalue weighted by Crippen LogP contribution is 2.17. The minimum Gasteiger partial charge on any atom is -0.395 e. The SMILES string of the molecule is COCCN(Cc1cc(C#CCCO)cs1)C(C)COC. The molecule has 1 rings (SSSR count). The number of nitrogens with zero attached hydrogens (tertiary/aromatic N) is 1. The maximum atomic E-state index is 8.73. The van der Waals surface area contributed by atoms with Gasteiger partial charge < -0.3 is 14.6 Å². The average molecular weight is 311 g/mol. The first kappa shape index (κ1) is 18.1. The summed E-state index contributed by atoms with van der Waals surface area (Å²) in [5.41, 5.74) is 1.02. The van der Waals surface area contributed by atoms with Crippen molar-refractivity contribution in [3.8, 4) is 11.8 Å². The van der Waals surface area contributed by atoms with Gasteiger partial charge in [-0.05, 0) is 13.0 Å². The van der Waals surface area contributed by atoms with E-state index in [1.165, 1.54) is 4.88 Å². The Labute approximate surface area is 131 Å². The molecule has 0 aliphatic rings. The maximum Gasteiger partial charge on any atom is 0.0615 e. The number of thiophene rings is 1. The lowest BCUT2D eigenvalue weighted by molar-refractivity contribution is 0.0711. The third-order valence-corrected chi connectivity index (χ3v) is 4.02. The Morgan fingerprint density at radius 3 is 2.86 bits per heavy atom. The highest BCUT2D eigenvalue weighted by Gasteiger charge is 2.14. The van der Waals surface area contributed by atoms with Crippen LogP contribution in [0.5, 0.6) is 0 Å². The van der Waals surface area contributed by atoms with Crippen molar-refractivity contribution < 1.29 is 14.6 Å². The molecule has 1 aromatic rings. The molecule has 4 nitrogen and oxygen atoms in total. The van der Waals surface area contributed by atoms with Crippen LogP contribution < -0.4 is 0 Å². The molecule has 0 bridgehead atoms. The Bertz CT molecular complexity index is 450. The molecule has 0 aromatic carbocycles. The zero-order chi connectivity index (χ0) is 15.5. The Balaban J connectivity index is 2.63. The zero-order valence-corrected chi connectivity index (χ0v) is 13.9. The van der Waals surface area contributed by atoms with E-state index in [0.29, 0.717) is 25.7 Å². The van der Waals surface area contributed by atoms with Crippen molar-refractivity contribution in [2.75, 3.05) is 40.6 Å². The highest BCUT2D eigenvalue weighted by atomic mass is 32.1. The van der Waals surface area contributed by atoms with Crippen LogP contribution in [-0.2, 0) is 16.0 Å². The van der Waals surface area contributed by atoms with Crippen molar-refractivity contribution in [2.45, 2.75) is 25.9 Å². The van der Waals surface area contributed by atoms with Crippen molar-refractivity contribution in [3.63, 3.8) is 0 Å². The summed E-state index contributed by atoms with van der Waals surface area (Å²) in [5, 5.41) is 10.8. The molecule has 0 fully saturated rings. The summed E-state index contributed by atoms with van der Waals surface area (Å²) in [7, 11) is 3.45. The van der Waals surface area contributed by atoms with Crippen LogP contribution in [-0.4, -0.2) is 56.6 Å². The Kier molecular flexibility index (Phi) is 9.31. The van der Waals surface area contributed by atoms with Crippen molar-refractivity contribution >= 4 is 11.3 Å². The smallest absolute Gasteiger partial charge is 0.0615 e. The molecular weight excluding hydrogens is 286 g/mol. The first-order valence-corrected chi connectivity index (χ1v) is 7.98. The van der Waals surface area contributed by atoms with E-state index in [4.69, 9.17) is 14.6 Å². The topological polar surface area (TPSA) is 41.9 Å². The zero-order valence-electron chi connectivity index (χ0n) is 13.1. The summed E-state index contributed by atoms with van der Waals surface area (Å²) in [6.45, 7) is 5.45. The number of hydrogen-bond acceptors (Lipinski definition) is 5. The predicted octanol–water partition coefficient (Wildman–Crippen LogP) is 1.97. The molecule has 0 saturated carbocycles. The molecule has 0 radical (unpaired) electrons. The fraction of sp³-hybridized carbons (Fsp3) is 0.625. The fourth-order valence-corrected chi connectivity index (χ4v) is 2.80. The molecule has 1 heterocycles. The van der Waals surface area contributed by atoms with E-state index in [-0.39, 0.29) is 6.61 Å². The number of aliphatic hydroxyl groups is 1. The van der Waals surface area contributed by atoms with Crippen LogP contribution in [0.15, 0.2) is 11.4 Å². The van der Waals surface area contributed by atoms with Crippen LogP contribution in [0.2, 0.25) is 0 Å². The van der Waals surface area contributed by atoms with Gasteiger partial charge in [0.2, 0.25) is 0 Å². The Morgan fingerprint density at radius 2 is 2.19 bits per heavy atom. The van der Waals surface area contributed by atoms with Crippen LogP contribution in [0.25, 0.3) is 0 Å². The minimum absolute atomic E-state index is 0.114. The maximum absolute atomic E-state index is 8.73. The number of aliphatic hydroxyl groups excluding tert-OH is 1. The van der Waals surface area contributed by atoms with Gasteiger partial charge in [0.1, 0.15) is 0 Å². The van der Waals surface area contributed by atoms with Gasteiger partial charge in [-0.25, -0.2) is 0 Å². The van der Waals surface area contributed by atoms with Gasteiger partial charge in [0, 0.05) is 55.6 Å². The molecule has 1 unspecified atom stereocenters. The summed E-state index contributed by atoms with van der Waals surface area (Å²) in [6, 6.07) is 2.46. The standard InChI is InChI=1S/C16H25NO3S/c1-14(12-20-3)17(7-9-19-2)11-16-10-15(13-21-16)6-4-5-8-18/h10,13-14,18H,5,7-9,11-12H2,1-3H3. The number of ether oxygens (including phenoxy) is 2. The summed E-state index contributed by atoms with van der Waals surface area (Å²) < 4.78 is 10.4. The summed E-state index contributed by atoms with van der Waals surface area (Å²) in [5.74, 6) is 6.02. The van der Waals surface area contributed by atoms with Crippen molar-refractivity contribution in [2.24, 2.45) is 0 Å². The van der Waals surface area contributed by atoms with Crippen LogP contribution in [0.3, 0.4) is 0 Å². The summed E-state index contributed by atoms with van der Waals surface area (Å²) in [4.78, 5) is 3.63. The van der Waals surface area contributed by atoms with Gasteiger partial charge >= 0.3 is 0 Å². The second kappa shape index (κ2) is 10.8. The van der Waals surface area contributed by atoms with Gasteiger partial charge in [-0.3, -0.25) is 4.90 Å². The molecule has 0 amide bonds. The van der Waals surface area contributed by atoms with Crippen molar-refractivity contribution in [1.82, 2.24) is 4.90 Å². The normalized spacial score (nSPS) is 12.2. The van der Waals surface area contributed by atoms with E-state index in [0.717, 1.165) is 18.7 Å². The molecule has 118 valence electrons. The average Bonchev–Trinajstić information content (AvgIpc) is 2.91. The predicted molar refractivity (Wildman–Crippen MR) is 86.5 cm³/mol. The lowest BCUT2D eigenvalue weighted by Gasteiger charge is -2.27. The van der Waals surface area contributed by atoms with E-state index < -0.39 is 0 Å². The van der Waals surface area contributed by atoms with Gasteiger partial charge in [0.25, 0.3) is 0 Å². The van der Waals surface area contributed by atoms with Crippen LogP contribution in [0.1, 0.15) is 23.8 Å². The summed E-state index contributed by atoms with van der Waals surface area (Å²) in [6.07, 6.45) is 0.524. The highest BCUT2D eigenvalue weighted by molar-refractivity contribution is 7.10. The monoisotopic (exact) mass is 311 g/mol. The van der Waals surface area contributed by atoms with Crippen LogP contribution in [0, 0.1) is 11.8 Å². The van der Waals surface area contributed by atoms with E-state index in [2.05, 4.69) is 35.1 Å². The number of methoxy groups -OCH3 is 2. The fourth-order valence-electron chi connectivity index (χ4n) is 1.96. The van der Waals surface area contributed by atoms with Gasteiger partial charge in [0.15, 0.2) is 0 Å². The van der Waals surface area contributed by atoms with Gasteiger partial charge in [-0.1, -0.05) is 11.8 Å². The van der Waals surface area contributed by atoms with Gasteiger partial charge in [0.05, 0.1) is 19.8 Å². The third kappa shape index (κ3) is 7.07. The lowest BCUT2D eigenvalue weighted by atomic mass is 10.2. The Hall–Kier alpha value is -0.900. The van der Waals surface area contributed by atoms with E-state index >= 15 is 0 Å². The van der Waals surface area contributed by atoms with Gasteiger partial charge in [-0.2, -0.15) is 0 Å². The molecule has 0 aliphatic heterocycles.